The second-order valence-corrected chi connectivity index (χ2v) is 5.07. The normalized spacial score (nSPS) is 9.90. The predicted molar refractivity (Wildman–Crippen MR) is 86.9 cm³/mol. The fourth-order valence-corrected chi connectivity index (χ4v) is 2.43. The summed E-state index contributed by atoms with van der Waals surface area (Å²) in [5.41, 5.74) is 5.12. The van der Waals surface area contributed by atoms with Crippen molar-refractivity contribution in [3.8, 4) is 11.8 Å². The second-order valence-electron chi connectivity index (χ2n) is 5.07. The lowest BCUT2D eigenvalue weighted by Gasteiger charge is -2.09. The van der Waals surface area contributed by atoms with Gasteiger partial charge in [-0.05, 0) is 36.1 Å². The Labute approximate surface area is 122 Å². The van der Waals surface area contributed by atoms with Crippen LogP contribution in [-0.2, 0) is 12.8 Å². The molecule has 0 saturated carbocycles. The van der Waals surface area contributed by atoms with Crippen LogP contribution < -0.4 is 0 Å². The molecule has 20 heavy (non-hydrogen) atoms. The Hall–Kier alpha value is -2.00. The highest BCUT2D eigenvalue weighted by Gasteiger charge is 2.04. The fourth-order valence-electron chi connectivity index (χ4n) is 2.43. The van der Waals surface area contributed by atoms with Crippen LogP contribution in [0.3, 0.4) is 0 Å². The summed E-state index contributed by atoms with van der Waals surface area (Å²) < 4.78 is 0. The van der Waals surface area contributed by atoms with Gasteiger partial charge in [0.1, 0.15) is 0 Å². The van der Waals surface area contributed by atoms with Gasteiger partial charge in [0, 0.05) is 11.1 Å². The molecule has 0 heteroatoms. The maximum Gasteiger partial charge on any atom is 0.0313 e. The third-order valence-electron chi connectivity index (χ3n) is 3.38. The van der Waals surface area contributed by atoms with Crippen LogP contribution in [0.1, 0.15) is 48.9 Å². The van der Waals surface area contributed by atoms with Gasteiger partial charge in [-0.25, -0.2) is 0 Å². The first kappa shape index (κ1) is 14.4. The van der Waals surface area contributed by atoms with Gasteiger partial charge in [-0.2, -0.15) is 0 Å². The van der Waals surface area contributed by atoms with E-state index in [9.17, 15) is 0 Å². The van der Waals surface area contributed by atoms with E-state index in [1.807, 2.05) is 18.2 Å². The largest absolute Gasteiger partial charge is 0.0651 e. The van der Waals surface area contributed by atoms with Gasteiger partial charge in [0.05, 0.1) is 0 Å². The average Bonchev–Trinajstić information content (AvgIpc) is 2.48. The summed E-state index contributed by atoms with van der Waals surface area (Å²) in [4.78, 5) is 0. The lowest BCUT2D eigenvalue weighted by molar-refractivity contribution is 0.890. The molecule has 0 aromatic heterocycles. The van der Waals surface area contributed by atoms with Crippen LogP contribution in [0.5, 0.6) is 0 Å². The smallest absolute Gasteiger partial charge is 0.0313 e. The molecule has 0 radical (unpaired) electrons. The Kier molecular flexibility index (Phi) is 5.44. The van der Waals surface area contributed by atoms with Crippen molar-refractivity contribution in [1.82, 2.24) is 0 Å². The molecule has 2 rings (SSSR count). The molecule has 0 saturated heterocycles. The van der Waals surface area contributed by atoms with Crippen LogP contribution in [0, 0.1) is 11.8 Å². The average molecular weight is 262 g/mol. The SMILES string of the molecule is CCCc1cccc(CCC)c1C#Cc1ccccc1. The van der Waals surface area contributed by atoms with Crippen LogP contribution >= 0.6 is 0 Å². The van der Waals surface area contributed by atoms with E-state index in [0.717, 1.165) is 31.2 Å². The van der Waals surface area contributed by atoms with Gasteiger partial charge in [0.15, 0.2) is 0 Å². The van der Waals surface area contributed by atoms with Crippen molar-refractivity contribution in [1.29, 1.82) is 0 Å². The molecule has 0 nitrogen and oxygen atoms in total. The maximum atomic E-state index is 3.42. The Morgan fingerprint density at radius 3 is 1.85 bits per heavy atom. The number of rotatable bonds is 4. The van der Waals surface area contributed by atoms with Crippen molar-refractivity contribution in [2.45, 2.75) is 39.5 Å². The lowest BCUT2D eigenvalue weighted by Crippen LogP contribution is -1.96. The number of aryl methyl sites for hydroxylation is 2. The van der Waals surface area contributed by atoms with Gasteiger partial charge >= 0.3 is 0 Å². The van der Waals surface area contributed by atoms with Crippen LogP contribution in [-0.4, -0.2) is 0 Å². The molecule has 0 aliphatic carbocycles. The van der Waals surface area contributed by atoms with Crippen molar-refractivity contribution in [3.05, 3.63) is 70.8 Å². The molecule has 2 aromatic carbocycles. The zero-order valence-corrected chi connectivity index (χ0v) is 12.4. The second kappa shape index (κ2) is 7.56. The Bertz CT molecular complexity index is 573. The summed E-state index contributed by atoms with van der Waals surface area (Å²) >= 11 is 0. The van der Waals surface area contributed by atoms with Crippen molar-refractivity contribution >= 4 is 0 Å². The summed E-state index contributed by atoms with van der Waals surface area (Å²) in [6, 6.07) is 16.8. The third kappa shape index (κ3) is 3.75. The van der Waals surface area contributed by atoms with Crippen molar-refractivity contribution in [2.75, 3.05) is 0 Å². The number of hydrogen-bond donors (Lipinski definition) is 0. The van der Waals surface area contributed by atoms with E-state index in [2.05, 4.69) is 56.0 Å². The molecule has 0 fully saturated rings. The van der Waals surface area contributed by atoms with Crippen LogP contribution in [0.4, 0.5) is 0 Å². The highest BCUT2D eigenvalue weighted by molar-refractivity contribution is 5.51. The third-order valence-corrected chi connectivity index (χ3v) is 3.38. The molecule has 0 atom stereocenters. The minimum atomic E-state index is 1.08. The molecular formula is C20H22. The maximum absolute atomic E-state index is 3.42. The standard InChI is InChI=1S/C20H22/c1-3-9-18-13-8-14-19(10-4-2)20(18)16-15-17-11-6-5-7-12-17/h5-8,11-14H,3-4,9-10H2,1-2H3. The van der Waals surface area contributed by atoms with Crippen LogP contribution in [0.15, 0.2) is 48.5 Å². The lowest BCUT2D eigenvalue weighted by atomic mass is 9.95. The molecule has 0 amide bonds. The molecule has 102 valence electrons. The van der Waals surface area contributed by atoms with E-state index in [1.165, 1.54) is 16.7 Å². The number of hydrogen-bond acceptors (Lipinski definition) is 0. The Morgan fingerprint density at radius 2 is 1.30 bits per heavy atom. The highest BCUT2D eigenvalue weighted by Crippen LogP contribution is 2.17. The van der Waals surface area contributed by atoms with Crippen LogP contribution in [0.25, 0.3) is 0 Å². The molecule has 0 aliphatic heterocycles. The summed E-state index contributed by atoms with van der Waals surface area (Å²) in [6.07, 6.45) is 4.54. The Balaban J connectivity index is 2.40. The first-order chi connectivity index (χ1) is 9.85. The molecule has 0 aliphatic rings. The zero-order valence-electron chi connectivity index (χ0n) is 12.4. The van der Waals surface area contributed by atoms with E-state index in [1.54, 1.807) is 0 Å². The van der Waals surface area contributed by atoms with Gasteiger partial charge < -0.3 is 0 Å². The molecule has 2 aromatic rings. The van der Waals surface area contributed by atoms with E-state index < -0.39 is 0 Å². The predicted octanol–water partition coefficient (Wildman–Crippen LogP) is 4.99. The van der Waals surface area contributed by atoms with E-state index in [-0.39, 0.29) is 0 Å². The van der Waals surface area contributed by atoms with E-state index in [0.29, 0.717) is 0 Å². The molecule has 0 unspecified atom stereocenters. The minimum absolute atomic E-state index is 1.08. The molecule has 0 spiro atoms. The summed E-state index contributed by atoms with van der Waals surface area (Å²) in [5, 5.41) is 0. The topological polar surface area (TPSA) is 0 Å². The number of benzene rings is 2. The summed E-state index contributed by atoms with van der Waals surface area (Å²) in [6.45, 7) is 4.45. The van der Waals surface area contributed by atoms with E-state index >= 15 is 0 Å². The summed E-state index contributed by atoms with van der Waals surface area (Å²) in [7, 11) is 0. The fraction of sp³-hybridized carbons (Fsp3) is 0.300. The van der Waals surface area contributed by atoms with Crippen molar-refractivity contribution < 1.29 is 0 Å². The Morgan fingerprint density at radius 1 is 0.700 bits per heavy atom. The van der Waals surface area contributed by atoms with E-state index in [4.69, 9.17) is 0 Å². The van der Waals surface area contributed by atoms with Gasteiger partial charge in [-0.1, -0.05) is 74.9 Å². The van der Waals surface area contributed by atoms with Gasteiger partial charge in [0.25, 0.3) is 0 Å². The van der Waals surface area contributed by atoms with Gasteiger partial charge in [0.2, 0.25) is 0 Å². The molecule has 0 N–H and O–H groups in total. The van der Waals surface area contributed by atoms with Crippen molar-refractivity contribution in [2.24, 2.45) is 0 Å². The van der Waals surface area contributed by atoms with Gasteiger partial charge in [-0.15, -0.1) is 0 Å². The first-order valence-corrected chi connectivity index (χ1v) is 7.53. The summed E-state index contributed by atoms with van der Waals surface area (Å²) in [5.74, 6) is 6.73. The molecule has 0 heterocycles. The first-order valence-electron chi connectivity index (χ1n) is 7.53. The van der Waals surface area contributed by atoms with Crippen LogP contribution in [0.2, 0.25) is 0 Å². The molecular weight excluding hydrogens is 240 g/mol. The quantitative estimate of drug-likeness (QED) is 0.681. The van der Waals surface area contributed by atoms with Gasteiger partial charge in [-0.3, -0.25) is 0 Å². The molecule has 0 bridgehead atoms. The minimum Gasteiger partial charge on any atom is -0.0651 e. The van der Waals surface area contributed by atoms with Crippen molar-refractivity contribution in [3.63, 3.8) is 0 Å². The zero-order chi connectivity index (χ0) is 14.2. The monoisotopic (exact) mass is 262 g/mol. The highest BCUT2D eigenvalue weighted by atomic mass is 14.1.